The number of anilines is 1. The minimum absolute atomic E-state index is 0.0421. The number of benzene rings is 3. The van der Waals surface area contributed by atoms with Crippen LogP contribution < -0.4 is 14.8 Å². The van der Waals surface area contributed by atoms with Crippen molar-refractivity contribution in [2.24, 2.45) is 0 Å². The van der Waals surface area contributed by atoms with Crippen molar-refractivity contribution in [2.75, 3.05) is 19.0 Å². The van der Waals surface area contributed by atoms with Crippen molar-refractivity contribution in [3.05, 3.63) is 89.0 Å². The lowest BCUT2D eigenvalue weighted by molar-refractivity contribution is -0.117. The summed E-state index contributed by atoms with van der Waals surface area (Å²) in [5.74, 6) is 0.737. The Bertz CT molecular complexity index is 1250. The van der Waals surface area contributed by atoms with Crippen molar-refractivity contribution in [3.8, 4) is 11.5 Å². The maximum atomic E-state index is 13.3. The number of amides is 2. The van der Waals surface area contributed by atoms with Gasteiger partial charge in [0.05, 0.1) is 26.2 Å². The molecule has 3 aromatic carbocycles. The van der Waals surface area contributed by atoms with Crippen molar-refractivity contribution in [1.82, 2.24) is 4.90 Å². The van der Waals surface area contributed by atoms with Crippen LogP contribution in [0.4, 0.5) is 5.69 Å². The van der Waals surface area contributed by atoms with Crippen LogP contribution in [-0.4, -0.2) is 36.2 Å². The molecule has 0 saturated heterocycles. The first kappa shape index (κ1) is 24.0. The molecule has 1 N–H and O–H groups in total. The van der Waals surface area contributed by atoms with Gasteiger partial charge in [-0.25, -0.2) is 0 Å². The smallest absolute Gasteiger partial charge is 0.255 e. The average Bonchev–Trinajstić information content (AvgIpc) is 3.19. The fraction of sp³-hybridized carbons (Fsp3) is 0.250. The zero-order valence-electron chi connectivity index (χ0n) is 20.0. The van der Waals surface area contributed by atoms with Gasteiger partial charge in [0.1, 0.15) is 0 Å². The van der Waals surface area contributed by atoms with E-state index >= 15 is 0 Å². The molecule has 0 fully saturated rings. The number of ketones is 1. The minimum Gasteiger partial charge on any atom is -0.493 e. The third-order valence-corrected chi connectivity index (χ3v) is 6.05. The summed E-state index contributed by atoms with van der Waals surface area (Å²) in [5, 5.41) is 2.88. The summed E-state index contributed by atoms with van der Waals surface area (Å²) in [4.78, 5) is 39.6. The Morgan fingerprint density at radius 2 is 1.77 bits per heavy atom. The molecule has 180 valence electrons. The molecular weight excluding hydrogens is 444 g/mol. The van der Waals surface area contributed by atoms with Crippen LogP contribution in [-0.2, 0) is 11.3 Å². The maximum Gasteiger partial charge on any atom is 0.255 e. The number of nitrogens with zero attached hydrogens (tertiary/aromatic N) is 1. The van der Waals surface area contributed by atoms with Crippen molar-refractivity contribution in [3.63, 3.8) is 0 Å². The summed E-state index contributed by atoms with van der Waals surface area (Å²) in [6, 6.07) is 19.2. The number of ether oxygens (including phenoxy) is 2. The molecule has 0 unspecified atom stereocenters. The summed E-state index contributed by atoms with van der Waals surface area (Å²) in [7, 11) is 1.56. The Morgan fingerprint density at radius 1 is 1.03 bits per heavy atom. The van der Waals surface area contributed by atoms with E-state index < -0.39 is 6.04 Å². The number of fused-ring (bicyclic) bond motifs is 1. The Morgan fingerprint density at radius 3 is 2.43 bits per heavy atom. The van der Waals surface area contributed by atoms with Gasteiger partial charge in [-0.1, -0.05) is 24.3 Å². The average molecular weight is 473 g/mol. The number of Topliss-reactive ketones (excluding diaryl/α,β-unsaturated/α-hetero) is 1. The summed E-state index contributed by atoms with van der Waals surface area (Å²) in [5.41, 5.74) is 3.51. The van der Waals surface area contributed by atoms with E-state index in [1.54, 1.807) is 42.3 Å². The highest BCUT2D eigenvalue weighted by Crippen LogP contribution is 2.37. The van der Waals surface area contributed by atoms with E-state index in [4.69, 9.17) is 9.47 Å². The lowest BCUT2D eigenvalue weighted by Gasteiger charge is -2.28. The topological polar surface area (TPSA) is 84.9 Å². The third-order valence-electron chi connectivity index (χ3n) is 6.05. The lowest BCUT2D eigenvalue weighted by Crippen LogP contribution is -2.32. The number of nitrogens with one attached hydrogen (secondary N) is 1. The van der Waals surface area contributed by atoms with E-state index in [0.717, 1.165) is 11.1 Å². The van der Waals surface area contributed by atoms with Gasteiger partial charge in [0.15, 0.2) is 17.3 Å². The standard InChI is InChI=1S/C28H28N2O5/c1-4-35-25-14-11-20(15-26(25)34-3)24(30-17-21-7-5-6-8-23(21)28(30)33)16-27(32)29-22-12-9-19(10-13-22)18(2)31/h5-15,24H,4,16-17H2,1-3H3,(H,29,32)/t24-/m0/s1. The SMILES string of the molecule is CCOc1ccc([C@H](CC(=O)Nc2ccc(C(C)=O)cc2)N2Cc3ccccc3C2=O)cc1OC. The minimum atomic E-state index is -0.518. The first-order valence-corrected chi connectivity index (χ1v) is 11.5. The maximum absolute atomic E-state index is 13.3. The van der Waals surface area contributed by atoms with Crippen LogP contribution in [0.1, 0.15) is 58.2 Å². The second-order valence-corrected chi connectivity index (χ2v) is 8.34. The second-order valence-electron chi connectivity index (χ2n) is 8.34. The van der Waals surface area contributed by atoms with E-state index in [9.17, 15) is 14.4 Å². The quantitative estimate of drug-likeness (QED) is 0.442. The van der Waals surface area contributed by atoms with E-state index in [2.05, 4.69) is 5.32 Å². The van der Waals surface area contributed by atoms with Crippen LogP contribution in [0.3, 0.4) is 0 Å². The molecule has 0 saturated carbocycles. The first-order chi connectivity index (χ1) is 16.9. The Labute approximate surface area is 204 Å². The normalized spacial score (nSPS) is 13.2. The van der Waals surface area contributed by atoms with E-state index in [1.165, 1.54) is 6.92 Å². The third kappa shape index (κ3) is 5.19. The van der Waals surface area contributed by atoms with Gasteiger partial charge in [-0.3, -0.25) is 14.4 Å². The predicted molar refractivity (Wildman–Crippen MR) is 133 cm³/mol. The molecule has 35 heavy (non-hydrogen) atoms. The number of carbonyl (C=O) groups is 3. The van der Waals surface area contributed by atoms with Crippen molar-refractivity contribution in [1.29, 1.82) is 0 Å². The molecule has 0 bridgehead atoms. The van der Waals surface area contributed by atoms with Crippen LogP contribution in [0.25, 0.3) is 0 Å². The molecule has 0 aromatic heterocycles. The molecule has 7 nitrogen and oxygen atoms in total. The van der Waals surface area contributed by atoms with E-state index in [0.29, 0.717) is 41.5 Å². The van der Waals surface area contributed by atoms with E-state index in [1.807, 2.05) is 43.3 Å². The molecule has 1 aliphatic rings. The van der Waals surface area contributed by atoms with Crippen molar-refractivity contribution >= 4 is 23.3 Å². The zero-order valence-corrected chi connectivity index (χ0v) is 20.0. The van der Waals surface area contributed by atoms with Gasteiger partial charge in [-0.2, -0.15) is 0 Å². The number of carbonyl (C=O) groups excluding carboxylic acids is 3. The number of rotatable bonds is 9. The highest BCUT2D eigenvalue weighted by molar-refractivity contribution is 5.99. The van der Waals surface area contributed by atoms with Gasteiger partial charge in [0, 0.05) is 23.4 Å². The lowest BCUT2D eigenvalue weighted by atomic mass is 10.0. The number of hydrogen-bond acceptors (Lipinski definition) is 5. The predicted octanol–water partition coefficient (Wildman–Crippen LogP) is 5.02. The monoisotopic (exact) mass is 472 g/mol. The molecule has 1 heterocycles. The van der Waals surface area contributed by atoms with Crippen molar-refractivity contribution < 1.29 is 23.9 Å². The van der Waals surface area contributed by atoms with Crippen LogP contribution in [0.2, 0.25) is 0 Å². The van der Waals surface area contributed by atoms with E-state index in [-0.39, 0.29) is 24.0 Å². The summed E-state index contributed by atoms with van der Waals surface area (Å²) >= 11 is 0. The van der Waals surface area contributed by atoms with Crippen LogP contribution in [0.5, 0.6) is 11.5 Å². The highest BCUT2D eigenvalue weighted by Gasteiger charge is 2.35. The Hall–Kier alpha value is -4.13. The van der Waals surface area contributed by atoms with Gasteiger partial charge >= 0.3 is 0 Å². The van der Waals surface area contributed by atoms with Gasteiger partial charge in [-0.05, 0) is 67.4 Å². The largest absolute Gasteiger partial charge is 0.493 e. The Kier molecular flexibility index (Phi) is 7.15. The van der Waals surface area contributed by atoms with Crippen molar-refractivity contribution in [2.45, 2.75) is 32.9 Å². The molecule has 0 spiro atoms. The van der Waals surface area contributed by atoms with Gasteiger partial charge < -0.3 is 19.7 Å². The fourth-order valence-corrected chi connectivity index (χ4v) is 4.28. The number of methoxy groups -OCH3 is 1. The molecule has 0 radical (unpaired) electrons. The van der Waals surface area contributed by atoms with Gasteiger partial charge in [0.2, 0.25) is 5.91 Å². The van der Waals surface area contributed by atoms with Gasteiger partial charge in [-0.15, -0.1) is 0 Å². The highest BCUT2D eigenvalue weighted by atomic mass is 16.5. The van der Waals surface area contributed by atoms with Gasteiger partial charge in [0.25, 0.3) is 5.91 Å². The molecule has 0 aliphatic carbocycles. The Balaban J connectivity index is 1.62. The van der Waals surface area contributed by atoms with Crippen LogP contribution >= 0.6 is 0 Å². The summed E-state index contributed by atoms with van der Waals surface area (Å²) < 4.78 is 11.2. The van der Waals surface area contributed by atoms with Crippen LogP contribution in [0, 0.1) is 0 Å². The molecule has 1 aliphatic heterocycles. The molecular formula is C28H28N2O5. The molecule has 1 atom stereocenters. The summed E-state index contributed by atoms with van der Waals surface area (Å²) in [6.07, 6.45) is 0.0469. The molecule has 4 rings (SSSR count). The molecule has 7 heteroatoms. The number of hydrogen-bond donors (Lipinski definition) is 1. The molecule has 2 amide bonds. The first-order valence-electron chi connectivity index (χ1n) is 11.5. The van der Waals surface area contributed by atoms with Crippen LogP contribution in [0.15, 0.2) is 66.7 Å². The zero-order chi connectivity index (χ0) is 24.9. The molecule has 3 aromatic rings. The fourth-order valence-electron chi connectivity index (χ4n) is 4.28. The summed E-state index contributed by atoms with van der Waals surface area (Å²) in [6.45, 7) is 4.29. The second kappa shape index (κ2) is 10.4.